The van der Waals surface area contributed by atoms with Crippen LogP contribution in [0.15, 0.2) is 22.7 Å². The van der Waals surface area contributed by atoms with Crippen molar-refractivity contribution in [3.05, 3.63) is 41.2 Å². The predicted octanol–water partition coefficient (Wildman–Crippen LogP) is 2.68. The first-order valence-corrected chi connectivity index (χ1v) is 7.85. The van der Waals surface area contributed by atoms with E-state index >= 15 is 0 Å². The Hall–Kier alpha value is -2.37. The molecule has 3 heterocycles. The molecule has 1 saturated heterocycles. The molecule has 0 saturated carbocycles. The molecular weight excluding hydrogens is 294 g/mol. The molecule has 2 aromatic heterocycles. The maximum Gasteiger partial charge on any atom is 0.257 e. The van der Waals surface area contributed by atoms with E-state index in [1.54, 1.807) is 12.3 Å². The first kappa shape index (κ1) is 15.5. The lowest BCUT2D eigenvalue weighted by molar-refractivity contribution is 0.0586. The number of aryl methyl sites for hydroxylation is 3. The van der Waals surface area contributed by atoms with Crippen LogP contribution in [-0.2, 0) is 0 Å². The highest BCUT2D eigenvalue weighted by Gasteiger charge is 2.26. The van der Waals surface area contributed by atoms with E-state index in [0.717, 1.165) is 18.6 Å². The molecular formula is C17H21N3O3. The largest absolute Gasteiger partial charge is 0.474 e. The molecule has 3 rings (SSSR count). The van der Waals surface area contributed by atoms with E-state index in [9.17, 15) is 4.79 Å². The van der Waals surface area contributed by atoms with E-state index in [2.05, 4.69) is 9.97 Å². The molecule has 1 aliphatic heterocycles. The average Bonchev–Trinajstić information content (AvgIpc) is 2.86. The van der Waals surface area contributed by atoms with Crippen molar-refractivity contribution in [3.63, 3.8) is 0 Å². The second-order valence-corrected chi connectivity index (χ2v) is 5.88. The summed E-state index contributed by atoms with van der Waals surface area (Å²) in [6.45, 7) is 6.87. The zero-order valence-electron chi connectivity index (χ0n) is 13.7. The fourth-order valence-corrected chi connectivity index (χ4v) is 2.86. The van der Waals surface area contributed by atoms with Crippen LogP contribution in [0, 0.1) is 20.8 Å². The lowest BCUT2D eigenvalue weighted by Gasteiger charge is -2.31. The summed E-state index contributed by atoms with van der Waals surface area (Å²) in [5, 5.41) is 0. The molecule has 0 aliphatic carbocycles. The fourth-order valence-electron chi connectivity index (χ4n) is 2.86. The van der Waals surface area contributed by atoms with Gasteiger partial charge in [-0.05, 0) is 26.8 Å². The van der Waals surface area contributed by atoms with Crippen LogP contribution in [0.3, 0.4) is 0 Å². The Labute approximate surface area is 135 Å². The highest BCUT2D eigenvalue weighted by molar-refractivity contribution is 5.95. The zero-order chi connectivity index (χ0) is 16.4. The van der Waals surface area contributed by atoms with Crippen LogP contribution in [0.1, 0.15) is 40.5 Å². The van der Waals surface area contributed by atoms with Crippen LogP contribution < -0.4 is 4.74 Å². The van der Waals surface area contributed by atoms with Gasteiger partial charge in [0.1, 0.15) is 23.4 Å². The van der Waals surface area contributed by atoms with Gasteiger partial charge in [-0.3, -0.25) is 4.79 Å². The molecule has 122 valence electrons. The third kappa shape index (κ3) is 3.52. The molecule has 6 heteroatoms. The molecule has 1 amide bonds. The van der Waals surface area contributed by atoms with Gasteiger partial charge in [-0.2, -0.15) is 4.98 Å². The van der Waals surface area contributed by atoms with Crippen LogP contribution >= 0.6 is 0 Å². The summed E-state index contributed by atoms with van der Waals surface area (Å²) >= 11 is 0. The minimum Gasteiger partial charge on any atom is -0.474 e. The number of carbonyl (C=O) groups is 1. The van der Waals surface area contributed by atoms with E-state index in [1.165, 1.54) is 0 Å². The highest BCUT2D eigenvalue weighted by Crippen LogP contribution is 2.21. The van der Waals surface area contributed by atoms with Crippen LogP contribution in [0.25, 0.3) is 0 Å². The Balaban J connectivity index is 1.58. The number of likely N-dealkylation sites (tertiary alicyclic amines) is 1. The normalized spacial score (nSPS) is 15.7. The number of rotatable bonds is 3. The maximum atomic E-state index is 12.5. The molecule has 1 aliphatic rings. The summed E-state index contributed by atoms with van der Waals surface area (Å²) in [6.07, 6.45) is 3.37. The summed E-state index contributed by atoms with van der Waals surface area (Å²) in [4.78, 5) is 22.7. The van der Waals surface area contributed by atoms with Gasteiger partial charge in [-0.15, -0.1) is 0 Å². The Morgan fingerprint density at radius 2 is 2.04 bits per heavy atom. The molecule has 0 aromatic carbocycles. The summed E-state index contributed by atoms with van der Waals surface area (Å²) in [5.41, 5.74) is 0.660. The van der Waals surface area contributed by atoms with Crippen molar-refractivity contribution in [2.75, 3.05) is 13.1 Å². The molecule has 1 fully saturated rings. The maximum absolute atomic E-state index is 12.5. The smallest absolute Gasteiger partial charge is 0.257 e. The van der Waals surface area contributed by atoms with Gasteiger partial charge in [0.15, 0.2) is 0 Å². The van der Waals surface area contributed by atoms with Crippen molar-refractivity contribution < 1.29 is 13.9 Å². The van der Waals surface area contributed by atoms with Gasteiger partial charge in [0, 0.05) is 38.2 Å². The van der Waals surface area contributed by atoms with Gasteiger partial charge in [0.25, 0.3) is 5.91 Å². The number of hydrogen-bond donors (Lipinski definition) is 0. The van der Waals surface area contributed by atoms with E-state index < -0.39 is 0 Å². The van der Waals surface area contributed by atoms with Crippen LogP contribution in [0.2, 0.25) is 0 Å². The van der Waals surface area contributed by atoms with E-state index in [4.69, 9.17) is 9.15 Å². The molecule has 0 unspecified atom stereocenters. The summed E-state index contributed by atoms with van der Waals surface area (Å²) in [5.74, 6) is 2.78. The second-order valence-electron chi connectivity index (χ2n) is 5.88. The number of hydrogen-bond acceptors (Lipinski definition) is 5. The Bertz CT molecular complexity index is 703. The monoisotopic (exact) mass is 315 g/mol. The van der Waals surface area contributed by atoms with Crippen LogP contribution in [0.4, 0.5) is 0 Å². The van der Waals surface area contributed by atoms with E-state index in [-0.39, 0.29) is 12.0 Å². The first-order valence-electron chi connectivity index (χ1n) is 7.85. The summed E-state index contributed by atoms with van der Waals surface area (Å²) in [6, 6.07) is 3.58. The fraction of sp³-hybridized carbons (Fsp3) is 0.471. The molecule has 0 spiro atoms. The highest BCUT2D eigenvalue weighted by atomic mass is 16.5. The average molecular weight is 315 g/mol. The predicted molar refractivity (Wildman–Crippen MR) is 84.5 cm³/mol. The van der Waals surface area contributed by atoms with E-state index in [0.29, 0.717) is 36.1 Å². The number of amides is 1. The zero-order valence-corrected chi connectivity index (χ0v) is 13.7. The van der Waals surface area contributed by atoms with Crippen LogP contribution in [-0.4, -0.2) is 40.0 Å². The Morgan fingerprint density at radius 3 is 2.65 bits per heavy atom. The SMILES string of the molecule is Cc1nccc(OC2CCN(C(=O)c3cc(C)oc3C)CC2)n1. The van der Waals surface area contributed by atoms with Crippen LogP contribution in [0.5, 0.6) is 5.88 Å². The lowest BCUT2D eigenvalue weighted by atomic mass is 10.1. The van der Waals surface area contributed by atoms with Gasteiger partial charge < -0.3 is 14.1 Å². The second kappa shape index (κ2) is 6.40. The van der Waals surface area contributed by atoms with Crippen molar-refractivity contribution in [1.82, 2.24) is 14.9 Å². The quantitative estimate of drug-likeness (QED) is 0.871. The summed E-state index contributed by atoms with van der Waals surface area (Å²) in [7, 11) is 0. The van der Waals surface area contributed by atoms with Gasteiger partial charge in [0.2, 0.25) is 5.88 Å². The van der Waals surface area contributed by atoms with Gasteiger partial charge >= 0.3 is 0 Å². The molecule has 0 atom stereocenters. The third-order valence-electron chi connectivity index (χ3n) is 4.04. The topological polar surface area (TPSA) is 68.5 Å². The standard InChI is InChI=1S/C17H21N3O3/c1-11-10-15(12(2)22-11)17(21)20-8-5-14(6-9-20)23-16-4-7-18-13(3)19-16/h4,7,10,14H,5-6,8-9H2,1-3H3. The Kier molecular flexibility index (Phi) is 4.32. The van der Waals surface area contributed by atoms with Gasteiger partial charge in [-0.25, -0.2) is 4.98 Å². The molecule has 2 aromatic rings. The third-order valence-corrected chi connectivity index (χ3v) is 4.04. The number of piperidine rings is 1. The minimum atomic E-state index is 0.0377. The summed E-state index contributed by atoms with van der Waals surface area (Å²) < 4.78 is 11.3. The molecule has 0 radical (unpaired) electrons. The number of nitrogens with zero attached hydrogens (tertiary/aromatic N) is 3. The molecule has 6 nitrogen and oxygen atoms in total. The van der Waals surface area contributed by atoms with E-state index in [1.807, 2.05) is 31.7 Å². The van der Waals surface area contributed by atoms with Crippen molar-refractivity contribution in [2.24, 2.45) is 0 Å². The van der Waals surface area contributed by atoms with Crippen molar-refractivity contribution in [3.8, 4) is 5.88 Å². The number of ether oxygens (including phenoxy) is 1. The minimum absolute atomic E-state index is 0.0377. The van der Waals surface area contributed by atoms with Gasteiger partial charge in [0.05, 0.1) is 5.56 Å². The first-order chi connectivity index (χ1) is 11.0. The molecule has 0 bridgehead atoms. The Morgan fingerprint density at radius 1 is 1.30 bits per heavy atom. The molecule has 0 N–H and O–H groups in total. The molecule has 23 heavy (non-hydrogen) atoms. The number of carbonyl (C=O) groups excluding carboxylic acids is 1. The lowest BCUT2D eigenvalue weighted by Crippen LogP contribution is -2.42. The van der Waals surface area contributed by atoms with Gasteiger partial charge in [-0.1, -0.05) is 0 Å². The number of furan rings is 1. The van der Waals surface area contributed by atoms with Crippen molar-refractivity contribution in [1.29, 1.82) is 0 Å². The van der Waals surface area contributed by atoms with Crippen molar-refractivity contribution in [2.45, 2.75) is 39.7 Å². The number of aromatic nitrogens is 2. The van der Waals surface area contributed by atoms with Crippen molar-refractivity contribution >= 4 is 5.91 Å².